The fourth-order valence-corrected chi connectivity index (χ4v) is 3.32. The van der Waals surface area contributed by atoms with Crippen molar-refractivity contribution in [3.63, 3.8) is 0 Å². The van der Waals surface area contributed by atoms with E-state index in [1.54, 1.807) is 14.2 Å². The number of rotatable bonds is 4. The van der Waals surface area contributed by atoms with Crippen LogP contribution in [0.5, 0.6) is 11.5 Å². The summed E-state index contributed by atoms with van der Waals surface area (Å²) in [4.78, 5) is 4.33. The number of halogens is 1. The van der Waals surface area contributed by atoms with Crippen LogP contribution >= 0.6 is 24.0 Å². The highest BCUT2D eigenvalue weighted by Gasteiger charge is 2.58. The first-order chi connectivity index (χ1) is 11.4. The Hall–Kier alpha value is -1.22. The number of nitrogens with one attached hydrogen (secondary N) is 2. The molecule has 140 valence electrons. The number of benzene rings is 1. The zero-order chi connectivity index (χ0) is 17.4. The number of guanidine groups is 1. The molecule has 0 bridgehead atoms. The molecule has 2 N–H and O–H groups in total. The molecule has 3 rings (SSSR count). The summed E-state index contributed by atoms with van der Waals surface area (Å²) in [5.41, 5.74) is 1.07. The van der Waals surface area contributed by atoms with Crippen LogP contribution in [0.4, 0.5) is 0 Å². The highest BCUT2D eigenvalue weighted by Crippen LogP contribution is 2.51. The minimum Gasteiger partial charge on any atom is -0.454 e. The number of methoxy groups -OCH3 is 1. The Labute approximate surface area is 166 Å². The van der Waals surface area contributed by atoms with Crippen molar-refractivity contribution < 1.29 is 14.2 Å². The van der Waals surface area contributed by atoms with Gasteiger partial charge in [-0.3, -0.25) is 4.99 Å². The normalized spacial score (nSPS) is 26.4. The zero-order valence-electron chi connectivity index (χ0n) is 15.5. The van der Waals surface area contributed by atoms with Gasteiger partial charge in [0.1, 0.15) is 0 Å². The van der Waals surface area contributed by atoms with E-state index in [2.05, 4.69) is 36.4 Å². The molecule has 0 aromatic heterocycles. The van der Waals surface area contributed by atoms with Gasteiger partial charge in [0.25, 0.3) is 0 Å². The number of ether oxygens (including phenoxy) is 3. The maximum atomic E-state index is 5.68. The van der Waals surface area contributed by atoms with Gasteiger partial charge >= 0.3 is 0 Å². The lowest BCUT2D eigenvalue weighted by Crippen LogP contribution is -2.69. The molecule has 7 heteroatoms. The first-order valence-corrected chi connectivity index (χ1v) is 8.30. The van der Waals surface area contributed by atoms with Gasteiger partial charge in [0.15, 0.2) is 17.5 Å². The van der Waals surface area contributed by atoms with E-state index in [0.29, 0.717) is 19.4 Å². The smallest absolute Gasteiger partial charge is 0.231 e. The van der Waals surface area contributed by atoms with Crippen molar-refractivity contribution >= 4 is 29.9 Å². The first-order valence-electron chi connectivity index (χ1n) is 8.30. The number of aliphatic imine (C=N–C) groups is 1. The van der Waals surface area contributed by atoms with Gasteiger partial charge in [-0.05, 0) is 31.0 Å². The molecule has 6 nitrogen and oxygen atoms in total. The van der Waals surface area contributed by atoms with Crippen molar-refractivity contribution in [3.8, 4) is 11.5 Å². The summed E-state index contributed by atoms with van der Waals surface area (Å²) in [6.07, 6.45) is 0.960. The third-order valence-corrected chi connectivity index (χ3v) is 5.71. The number of hydrogen-bond acceptors (Lipinski definition) is 4. The number of fused-ring (bicyclic) bond motifs is 1. The van der Waals surface area contributed by atoms with Crippen LogP contribution < -0.4 is 20.1 Å². The molecule has 2 atom stereocenters. The molecule has 1 heterocycles. The number of nitrogens with zero attached hydrogens (tertiary/aromatic N) is 1. The second kappa shape index (κ2) is 7.57. The maximum absolute atomic E-state index is 5.68. The molecule has 25 heavy (non-hydrogen) atoms. The Morgan fingerprint density at radius 2 is 2.00 bits per heavy atom. The summed E-state index contributed by atoms with van der Waals surface area (Å²) < 4.78 is 16.4. The molecule has 1 aliphatic carbocycles. The fourth-order valence-electron chi connectivity index (χ4n) is 3.32. The summed E-state index contributed by atoms with van der Waals surface area (Å²) in [6.45, 7) is 7.58. The van der Waals surface area contributed by atoms with Crippen molar-refractivity contribution in [2.45, 2.75) is 45.4 Å². The predicted molar refractivity (Wildman–Crippen MR) is 109 cm³/mol. The van der Waals surface area contributed by atoms with Crippen molar-refractivity contribution in [3.05, 3.63) is 23.8 Å². The third-order valence-electron chi connectivity index (χ3n) is 5.71. The average Bonchev–Trinajstić information content (AvgIpc) is 3.04. The Morgan fingerprint density at radius 3 is 2.64 bits per heavy atom. The molecular weight excluding hydrogens is 433 g/mol. The molecule has 2 unspecified atom stereocenters. The lowest BCUT2D eigenvalue weighted by atomic mass is 9.56. The maximum Gasteiger partial charge on any atom is 0.231 e. The monoisotopic (exact) mass is 461 g/mol. The van der Waals surface area contributed by atoms with Crippen LogP contribution in [0.25, 0.3) is 0 Å². The SMILES string of the molecule is CN=C(NCc1ccc2c(c1)OCO2)NC1CC(C)(OC)C1(C)C.I. The van der Waals surface area contributed by atoms with Crippen molar-refractivity contribution in [2.24, 2.45) is 10.4 Å². The van der Waals surface area contributed by atoms with Crippen LogP contribution in [0.15, 0.2) is 23.2 Å². The van der Waals surface area contributed by atoms with Gasteiger partial charge in [-0.15, -0.1) is 24.0 Å². The Morgan fingerprint density at radius 1 is 1.28 bits per heavy atom. The molecule has 1 aromatic rings. The highest BCUT2D eigenvalue weighted by molar-refractivity contribution is 14.0. The molecule has 1 fully saturated rings. The molecule has 0 amide bonds. The molecule has 2 aliphatic rings. The second-order valence-electron chi connectivity index (χ2n) is 7.17. The average molecular weight is 461 g/mol. The Kier molecular flexibility index (Phi) is 6.09. The van der Waals surface area contributed by atoms with Gasteiger partial charge in [0.05, 0.1) is 5.60 Å². The van der Waals surface area contributed by atoms with Crippen molar-refractivity contribution in [2.75, 3.05) is 21.0 Å². The van der Waals surface area contributed by atoms with Crippen LogP contribution in [0.3, 0.4) is 0 Å². The molecule has 1 aromatic carbocycles. The molecule has 0 spiro atoms. The topological polar surface area (TPSA) is 64.1 Å². The lowest BCUT2D eigenvalue weighted by molar-refractivity contribution is -0.176. The van der Waals surface area contributed by atoms with Crippen LogP contribution in [-0.4, -0.2) is 38.6 Å². The number of hydrogen-bond donors (Lipinski definition) is 2. The summed E-state index contributed by atoms with van der Waals surface area (Å²) in [5.74, 6) is 2.40. The van der Waals surface area contributed by atoms with E-state index >= 15 is 0 Å². The van der Waals surface area contributed by atoms with Gasteiger partial charge in [-0.2, -0.15) is 0 Å². The molecule has 0 saturated heterocycles. The molecule has 0 radical (unpaired) electrons. The van der Waals surface area contributed by atoms with E-state index in [0.717, 1.165) is 29.4 Å². The summed E-state index contributed by atoms with van der Waals surface area (Å²) in [5, 5.41) is 6.87. The lowest BCUT2D eigenvalue weighted by Gasteiger charge is -2.59. The molecule has 1 aliphatic heterocycles. The summed E-state index contributed by atoms with van der Waals surface area (Å²) in [7, 11) is 3.57. The molecule has 1 saturated carbocycles. The third kappa shape index (κ3) is 3.67. The van der Waals surface area contributed by atoms with E-state index in [9.17, 15) is 0 Å². The highest BCUT2D eigenvalue weighted by atomic mass is 127. The zero-order valence-corrected chi connectivity index (χ0v) is 17.8. The van der Waals surface area contributed by atoms with E-state index in [-0.39, 0.29) is 35.0 Å². The molecular formula is C18H28IN3O3. The van der Waals surface area contributed by atoms with Gasteiger partial charge in [0, 0.05) is 32.2 Å². The van der Waals surface area contributed by atoms with Crippen molar-refractivity contribution in [1.29, 1.82) is 0 Å². The standard InChI is InChI=1S/C18H27N3O3.HI/c1-17(2)15(9-18(17,3)22-5)21-16(19-4)20-10-12-6-7-13-14(8-12)24-11-23-13;/h6-8,15H,9-11H2,1-5H3,(H2,19,20,21);1H. The minimum absolute atomic E-state index is 0. The largest absolute Gasteiger partial charge is 0.454 e. The van der Waals surface area contributed by atoms with E-state index in [1.165, 1.54) is 0 Å². The van der Waals surface area contributed by atoms with Crippen molar-refractivity contribution in [1.82, 2.24) is 10.6 Å². The predicted octanol–water partition coefficient (Wildman–Crippen LogP) is 2.90. The van der Waals surface area contributed by atoms with E-state index in [1.807, 2.05) is 18.2 Å². The van der Waals surface area contributed by atoms with Crippen LogP contribution in [0.1, 0.15) is 32.8 Å². The minimum atomic E-state index is -0.0964. The van der Waals surface area contributed by atoms with E-state index in [4.69, 9.17) is 14.2 Å². The quantitative estimate of drug-likeness (QED) is 0.410. The fraction of sp³-hybridized carbons (Fsp3) is 0.611. The van der Waals surface area contributed by atoms with Gasteiger partial charge in [-0.1, -0.05) is 19.9 Å². The first kappa shape index (κ1) is 20.1. The van der Waals surface area contributed by atoms with E-state index < -0.39 is 0 Å². The van der Waals surface area contributed by atoms with Crippen LogP contribution in [0.2, 0.25) is 0 Å². The Bertz CT molecular complexity index is 650. The summed E-state index contributed by atoms with van der Waals surface area (Å²) >= 11 is 0. The second-order valence-corrected chi connectivity index (χ2v) is 7.17. The van der Waals surface area contributed by atoms with Gasteiger partial charge < -0.3 is 24.8 Å². The van der Waals surface area contributed by atoms with Crippen LogP contribution in [-0.2, 0) is 11.3 Å². The van der Waals surface area contributed by atoms with Gasteiger partial charge in [0.2, 0.25) is 6.79 Å². The Balaban J connectivity index is 0.00000225. The van der Waals surface area contributed by atoms with Crippen LogP contribution in [0, 0.1) is 5.41 Å². The van der Waals surface area contributed by atoms with Gasteiger partial charge in [-0.25, -0.2) is 0 Å². The summed E-state index contributed by atoms with van der Waals surface area (Å²) in [6, 6.07) is 6.29.